The number of nitrogens with one attached hydrogen (secondary N) is 1. The van der Waals surface area contributed by atoms with Crippen LogP contribution in [-0.2, 0) is 22.0 Å². The van der Waals surface area contributed by atoms with Gasteiger partial charge >= 0.3 is 6.18 Å². The number of halogens is 3. The molecule has 1 amide bonds. The fourth-order valence-electron chi connectivity index (χ4n) is 1.96. The van der Waals surface area contributed by atoms with E-state index in [-0.39, 0.29) is 5.03 Å². The average Bonchev–Trinajstić information content (AvgIpc) is 3.04. The van der Waals surface area contributed by atoms with Crippen molar-refractivity contribution >= 4 is 21.9 Å². The quantitative estimate of drug-likeness (QED) is 0.919. The molecule has 0 fully saturated rings. The highest BCUT2D eigenvalue weighted by atomic mass is 32.2. The van der Waals surface area contributed by atoms with Crippen LogP contribution in [0.3, 0.4) is 0 Å². The van der Waals surface area contributed by atoms with Crippen molar-refractivity contribution in [2.24, 2.45) is 0 Å². The van der Waals surface area contributed by atoms with Crippen LogP contribution < -0.4 is 4.72 Å². The van der Waals surface area contributed by atoms with Gasteiger partial charge in [0.1, 0.15) is 0 Å². The molecule has 0 radical (unpaired) electrons. The number of hydrogen-bond donors (Lipinski definition) is 1. The van der Waals surface area contributed by atoms with Crippen LogP contribution >= 0.6 is 0 Å². The Labute approximate surface area is 125 Å². The third-order valence-corrected chi connectivity index (χ3v) is 4.04. The van der Waals surface area contributed by atoms with Crippen LogP contribution in [0.1, 0.15) is 5.56 Å². The number of carbonyl (C=O) groups is 1. The summed E-state index contributed by atoms with van der Waals surface area (Å²) >= 11 is 0. The Hall–Kier alpha value is -2.42. The number of carbonyl (C=O) groups excluding carboxylic acids is 1. The van der Waals surface area contributed by atoms with Crippen LogP contribution in [0.2, 0.25) is 0 Å². The van der Waals surface area contributed by atoms with Crippen LogP contribution in [0.5, 0.6) is 0 Å². The maximum Gasteiger partial charge on any atom is 0.416 e. The Morgan fingerprint density at radius 1 is 1.23 bits per heavy atom. The van der Waals surface area contributed by atoms with E-state index in [1.165, 1.54) is 29.2 Å². The van der Waals surface area contributed by atoms with E-state index in [4.69, 9.17) is 0 Å². The molecule has 2 aromatic rings. The topological polar surface area (TPSA) is 64.0 Å². The van der Waals surface area contributed by atoms with Crippen LogP contribution in [-0.4, -0.2) is 19.9 Å². The first-order chi connectivity index (χ1) is 10.3. The van der Waals surface area contributed by atoms with Crippen molar-refractivity contribution in [3.8, 4) is 11.1 Å². The molecular weight excluding hydrogens is 319 g/mol. The van der Waals surface area contributed by atoms with E-state index in [0.29, 0.717) is 11.1 Å². The first-order valence-electron chi connectivity index (χ1n) is 6.01. The second kappa shape index (κ2) is 5.09. The van der Waals surface area contributed by atoms with Gasteiger partial charge < -0.3 is 0 Å². The minimum atomic E-state index is -4.43. The lowest BCUT2D eigenvalue weighted by molar-refractivity contribution is -0.137. The van der Waals surface area contributed by atoms with Gasteiger partial charge in [-0.2, -0.15) is 18.3 Å². The van der Waals surface area contributed by atoms with E-state index in [9.17, 15) is 22.2 Å². The lowest BCUT2D eigenvalue weighted by Gasteiger charge is -2.07. The zero-order valence-corrected chi connectivity index (χ0v) is 11.6. The van der Waals surface area contributed by atoms with Crippen LogP contribution in [0.25, 0.3) is 16.2 Å². The van der Waals surface area contributed by atoms with Crippen molar-refractivity contribution in [1.82, 2.24) is 14.5 Å². The van der Waals surface area contributed by atoms with E-state index < -0.39 is 28.6 Å². The third-order valence-electron chi connectivity index (χ3n) is 2.97. The Morgan fingerprint density at radius 3 is 2.64 bits per heavy atom. The highest BCUT2D eigenvalue weighted by Crippen LogP contribution is 2.32. The molecule has 5 nitrogen and oxygen atoms in total. The molecule has 114 valence electrons. The van der Waals surface area contributed by atoms with Gasteiger partial charge in [0.2, 0.25) is 0 Å². The van der Waals surface area contributed by atoms with Crippen LogP contribution in [0, 0.1) is 0 Å². The van der Waals surface area contributed by atoms with Gasteiger partial charge in [-0.15, -0.1) is 0 Å². The van der Waals surface area contributed by atoms with E-state index in [1.54, 1.807) is 0 Å². The maximum absolute atomic E-state index is 12.7. The first-order valence-corrected chi connectivity index (χ1v) is 7.16. The smallest absolute Gasteiger partial charge is 0.269 e. The van der Waals surface area contributed by atoms with Gasteiger partial charge in [-0.3, -0.25) is 9.52 Å². The molecule has 0 saturated heterocycles. The molecule has 1 atom stereocenters. The van der Waals surface area contributed by atoms with Gasteiger partial charge in [-0.05, 0) is 17.7 Å². The number of rotatable bonds is 2. The fraction of sp³-hybridized carbons (Fsp3) is 0.0769. The van der Waals surface area contributed by atoms with Gasteiger partial charge in [-0.25, -0.2) is 8.89 Å². The number of nitrogens with zero attached hydrogens (tertiary/aromatic N) is 2. The predicted octanol–water partition coefficient (Wildman–Crippen LogP) is 2.16. The SMILES string of the molecule is O=C1C=C(n2cc(-c3cccc(C(F)(F)F)c3)cn2)S(=O)N1. The molecule has 1 aliphatic heterocycles. The second-order valence-corrected chi connectivity index (χ2v) is 5.63. The number of hydrogen-bond acceptors (Lipinski definition) is 3. The number of alkyl halides is 3. The number of benzene rings is 1. The lowest BCUT2D eigenvalue weighted by atomic mass is 10.1. The monoisotopic (exact) mass is 327 g/mol. The zero-order valence-electron chi connectivity index (χ0n) is 10.8. The summed E-state index contributed by atoms with van der Waals surface area (Å²) in [7, 11) is -1.72. The Balaban J connectivity index is 1.97. The van der Waals surface area contributed by atoms with Crippen LogP contribution in [0.4, 0.5) is 13.2 Å². The standard InChI is InChI=1S/C13H8F3N3O2S/c14-13(15,16)10-3-1-2-8(4-10)9-6-17-19(7-9)12-5-11(20)18-22(12)21/h1-7H,(H,18,20). The molecule has 1 aliphatic rings. The molecule has 1 N–H and O–H groups in total. The van der Waals surface area contributed by atoms with Gasteiger partial charge in [0.15, 0.2) is 16.0 Å². The van der Waals surface area contributed by atoms with Crippen molar-refractivity contribution in [3.63, 3.8) is 0 Å². The van der Waals surface area contributed by atoms with Crippen molar-refractivity contribution in [1.29, 1.82) is 0 Å². The predicted molar refractivity (Wildman–Crippen MR) is 73.2 cm³/mol. The molecule has 0 spiro atoms. The molecule has 0 aliphatic carbocycles. The lowest BCUT2D eigenvalue weighted by Crippen LogP contribution is -2.17. The molecule has 9 heteroatoms. The summed E-state index contributed by atoms with van der Waals surface area (Å²) in [5.74, 6) is -0.510. The van der Waals surface area contributed by atoms with Gasteiger partial charge in [0.25, 0.3) is 5.91 Å². The minimum absolute atomic E-state index is 0.128. The first kappa shape index (κ1) is 14.5. The molecule has 3 rings (SSSR count). The van der Waals surface area contributed by atoms with E-state index >= 15 is 0 Å². The minimum Gasteiger partial charge on any atom is -0.269 e. The highest BCUT2D eigenvalue weighted by molar-refractivity contribution is 7.93. The van der Waals surface area contributed by atoms with E-state index in [1.807, 2.05) is 0 Å². The van der Waals surface area contributed by atoms with Gasteiger partial charge in [0, 0.05) is 17.8 Å². The fourth-order valence-corrected chi connectivity index (χ4v) is 2.79. The molecule has 1 aromatic heterocycles. The summed E-state index contributed by atoms with van der Waals surface area (Å²) in [5, 5.41) is 4.06. The summed E-state index contributed by atoms with van der Waals surface area (Å²) in [4.78, 5) is 11.1. The Morgan fingerprint density at radius 2 is 2.00 bits per heavy atom. The number of aromatic nitrogens is 2. The summed E-state index contributed by atoms with van der Waals surface area (Å²) in [6.07, 6.45) is -0.549. The molecular formula is C13H8F3N3O2S. The van der Waals surface area contributed by atoms with E-state index in [2.05, 4.69) is 9.82 Å². The van der Waals surface area contributed by atoms with Crippen molar-refractivity contribution < 1.29 is 22.2 Å². The molecule has 2 heterocycles. The summed E-state index contributed by atoms with van der Waals surface area (Å²) in [5.41, 5.74) is -0.0219. The summed E-state index contributed by atoms with van der Waals surface area (Å²) < 4.78 is 53.1. The van der Waals surface area contributed by atoms with Crippen LogP contribution in [0.15, 0.2) is 42.7 Å². The highest BCUT2D eigenvalue weighted by Gasteiger charge is 2.30. The second-order valence-electron chi connectivity index (χ2n) is 4.47. The van der Waals surface area contributed by atoms with Crippen molar-refractivity contribution in [3.05, 3.63) is 48.3 Å². The molecule has 1 unspecified atom stereocenters. The van der Waals surface area contributed by atoms with Crippen molar-refractivity contribution in [2.75, 3.05) is 0 Å². The maximum atomic E-state index is 12.7. The summed E-state index contributed by atoms with van der Waals surface area (Å²) in [6, 6.07) is 4.80. The van der Waals surface area contributed by atoms with Gasteiger partial charge in [-0.1, -0.05) is 12.1 Å². The third kappa shape index (κ3) is 2.67. The Bertz CT molecular complexity index is 811. The number of amides is 1. The molecule has 1 aromatic carbocycles. The van der Waals surface area contributed by atoms with E-state index in [0.717, 1.165) is 18.2 Å². The molecule has 0 bridgehead atoms. The zero-order chi connectivity index (χ0) is 15.9. The van der Waals surface area contributed by atoms with Gasteiger partial charge in [0.05, 0.1) is 11.8 Å². The largest absolute Gasteiger partial charge is 0.416 e. The Kier molecular flexibility index (Phi) is 3.36. The molecule has 0 saturated carbocycles. The van der Waals surface area contributed by atoms with Crippen molar-refractivity contribution in [2.45, 2.75) is 6.18 Å². The normalized spacial score (nSPS) is 18.2. The average molecular weight is 327 g/mol. The summed E-state index contributed by atoms with van der Waals surface area (Å²) in [6.45, 7) is 0. The molecule has 22 heavy (non-hydrogen) atoms.